The second-order valence-corrected chi connectivity index (χ2v) is 2.57. The molecule has 6 heteroatoms. The summed E-state index contributed by atoms with van der Waals surface area (Å²) in [6.07, 6.45) is 1.49. The minimum absolute atomic E-state index is 0.0676. The van der Waals surface area contributed by atoms with Gasteiger partial charge in [0.2, 0.25) is 5.28 Å². The highest BCUT2D eigenvalue weighted by Gasteiger charge is 2.02. The first kappa shape index (κ1) is 9.15. The van der Waals surface area contributed by atoms with E-state index in [9.17, 15) is 0 Å². The number of halogens is 1. The van der Waals surface area contributed by atoms with Gasteiger partial charge in [-0.2, -0.15) is 10.1 Å². The first-order valence-corrected chi connectivity index (χ1v) is 3.79. The van der Waals surface area contributed by atoms with Crippen LogP contribution in [0.5, 0.6) is 0 Å². The number of rotatable bonds is 3. The summed E-state index contributed by atoms with van der Waals surface area (Å²) in [6.45, 7) is 0.563. The van der Waals surface area contributed by atoms with Gasteiger partial charge >= 0.3 is 0 Å². The average molecular weight is 189 g/mol. The number of likely N-dealkylation sites (N-methyl/N-ethyl adjacent to an activating group) is 1. The molecule has 5 nitrogen and oxygen atoms in total. The van der Waals surface area contributed by atoms with E-state index < -0.39 is 0 Å². The molecule has 0 saturated heterocycles. The Bertz CT molecular complexity index is 257. The molecule has 0 saturated carbocycles. The van der Waals surface area contributed by atoms with Crippen molar-refractivity contribution in [3.05, 3.63) is 11.5 Å². The van der Waals surface area contributed by atoms with Gasteiger partial charge in [-0.15, -0.1) is 5.10 Å². The topological polar surface area (TPSA) is 62.1 Å². The fourth-order valence-corrected chi connectivity index (χ4v) is 0.853. The minimum Gasteiger partial charge on any atom is -0.395 e. The lowest BCUT2D eigenvalue weighted by Gasteiger charge is -2.14. The van der Waals surface area contributed by atoms with Crippen LogP contribution in [0.1, 0.15) is 0 Å². The fourth-order valence-electron chi connectivity index (χ4n) is 0.722. The van der Waals surface area contributed by atoms with Gasteiger partial charge in [-0.25, -0.2) is 0 Å². The van der Waals surface area contributed by atoms with Crippen molar-refractivity contribution in [1.29, 1.82) is 0 Å². The predicted octanol–water partition coefficient (Wildman–Crippen LogP) is -0.0465. The molecule has 0 aliphatic heterocycles. The monoisotopic (exact) mass is 188 g/mol. The van der Waals surface area contributed by atoms with E-state index in [1.807, 2.05) is 0 Å². The highest BCUT2D eigenvalue weighted by Crippen LogP contribution is 2.07. The number of aromatic nitrogens is 3. The van der Waals surface area contributed by atoms with Gasteiger partial charge in [-0.05, 0) is 11.6 Å². The SMILES string of the molecule is CN(CCO)c1cnnc(Cl)n1. The van der Waals surface area contributed by atoms with Crippen LogP contribution in [0.4, 0.5) is 5.82 Å². The smallest absolute Gasteiger partial charge is 0.244 e. The van der Waals surface area contributed by atoms with Crippen molar-refractivity contribution >= 4 is 17.4 Å². The average Bonchev–Trinajstić information content (AvgIpc) is 2.05. The first-order chi connectivity index (χ1) is 5.74. The largest absolute Gasteiger partial charge is 0.395 e. The molecule has 1 aromatic heterocycles. The summed E-state index contributed by atoms with van der Waals surface area (Å²) in [5.41, 5.74) is 0. The summed E-state index contributed by atoms with van der Waals surface area (Å²) < 4.78 is 0. The number of anilines is 1. The first-order valence-electron chi connectivity index (χ1n) is 3.41. The van der Waals surface area contributed by atoms with E-state index in [1.54, 1.807) is 11.9 Å². The molecule has 0 aliphatic carbocycles. The zero-order valence-electron chi connectivity index (χ0n) is 6.61. The van der Waals surface area contributed by atoms with Crippen LogP contribution in [0, 0.1) is 0 Å². The van der Waals surface area contributed by atoms with E-state index in [-0.39, 0.29) is 11.9 Å². The molecule has 1 N–H and O–H groups in total. The van der Waals surface area contributed by atoms with E-state index in [0.29, 0.717) is 12.4 Å². The van der Waals surface area contributed by atoms with Crippen LogP contribution >= 0.6 is 11.6 Å². The third-order valence-electron chi connectivity index (χ3n) is 1.35. The summed E-state index contributed by atoms with van der Waals surface area (Å²) >= 11 is 5.52. The fraction of sp³-hybridized carbons (Fsp3) is 0.500. The summed E-state index contributed by atoms with van der Waals surface area (Å²) in [7, 11) is 1.79. The quantitative estimate of drug-likeness (QED) is 0.721. The van der Waals surface area contributed by atoms with E-state index in [4.69, 9.17) is 16.7 Å². The number of aliphatic hydroxyl groups is 1. The van der Waals surface area contributed by atoms with E-state index >= 15 is 0 Å². The number of hydrogen-bond acceptors (Lipinski definition) is 5. The highest BCUT2D eigenvalue weighted by molar-refractivity contribution is 6.28. The Morgan fingerprint density at radius 1 is 1.67 bits per heavy atom. The van der Waals surface area contributed by atoms with Crippen molar-refractivity contribution in [2.75, 3.05) is 25.1 Å². The second-order valence-electron chi connectivity index (χ2n) is 2.23. The van der Waals surface area contributed by atoms with Crippen molar-refractivity contribution in [1.82, 2.24) is 15.2 Å². The number of aliphatic hydroxyl groups excluding tert-OH is 1. The molecule has 0 amide bonds. The lowest BCUT2D eigenvalue weighted by Crippen LogP contribution is -2.22. The molecule has 0 aliphatic rings. The molecule has 0 aromatic carbocycles. The van der Waals surface area contributed by atoms with E-state index in [0.717, 1.165) is 0 Å². The molecule has 0 unspecified atom stereocenters. The van der Waals surface area contributed by atoms with Gasteiger partial charge in [0.25, 0.3) is 0 Å². The maximum Gasteiger partial charge on any atom is 0.244 e. The van der Waals surface area contributed by atoms with Gasteiger partial charge in [0.15, 0.2) is 5.82 Å². The van der Waals surface area contributed by atoms with Gasteiger partial charge in [0.05, 0.1) is 12.8 Å². The Kier molecular flexibility index (Phi) is 3.19. The van der Waals surface area contributed by atoms with Crippen molar-refractivity contribution in [2.45, 2.75) is 0 Å². The van der Waals surface area contributed by atoms with Gasteiger partial charge in [-0.3, -0.25) is 0 Å². The van der Waals surface area contributed by atoms with Crippen LogP contribution in [0.2, 0.25) is 5.28 Å². The maximum atomic E-state index is 8.63. The zero-order valence-corrected chi connectivity index (χ0v) is 7.36. The van der Waals surface area contributed by atoms with Crippen LogP contribution in [-0.4, -0.2) is 40.5 Å². The summed E-state index contributed by atoms with van der Waals surface area (Å²) in [4.78, 5) is 5.64. The van der Waals surface area contributed by atoms with Crippen LogP contribution in [0.25, 0.3) is 0 Å². The normalized spacial score (nSPS) is 9.92. The lowest BCUT2D eigenvalue weighted by atomic mass is 10.5. The van der Waals surface area contributed by atoms with Crippen LogP contribution in [-0.2, 0) is 0 Å². The van der Waals surface area contributed by atoms with Crippen LogP contribution in [0.3, 0.4) is 0 Å². The van der Waals surface area contributed by atoms with Crippen LogP contribution < -0.4 is 4.90 Å². The molecule has 0 fully saturated rings. The summed E-state index contributed by atoms with van der Waals surface area (Å²) in [6, 6.07) is 0. The molecule has 0 atom stereocenters. The van der Waals surface area contributed by atoms with Crippen molar-refractivity contribution < 1.29 is 5.11 Å². The Morgan fingerprint density at radius 2 is 2.42 bits per heavy atom. The Labute approximate surface area is 75.0 Å². The third kappa shape index (κ3) is 2.28. The molecular weight excluding hydrogens is 180 g/mol. The van der Waals surface area contributed by atoms with Crippen molar-refractivity contribution in [3.63, 3.8) is 0 Å². The minimum atomic E-state index is 0.0676. The Morgan fingerprint density at radius 3 is 3.00 bits per heavy atom. The Balaban J connectivity index is 2.73. The van der Waals surface area contributed by atoms with Gasteiger partial charge in [0, 0.05) is 13.6 Å². The van der Waals surface area contributed by atoms with E-state index in [2.05, 4.69) is 15.2 Å². The lowest BCUT2D eigenvalue weighted by molar-refractivity contribution is 0.304. The molecule has 0 radical (unpaired) electrons. The Hall–Kier alpha value is -0.940. The molecule has 1 heterocycles. The van der Waals surface area contributed by atoms with Crippen LogP contribution in [0.15, 0.2) is 6.20 Å². The molecule has 66 valence electrons. The van der Waals surface area contributed by atoms with E-state index in [1.165, 1.54) is 6.20 Å². The third-order valence-corrected chi connectivity index (χ3v) is 1.51. The molecule has 1 aromatic rings. The number of hydrogen-bond donors (Lipinski definition) is 1. The van der Waals surface area contributed by atoms with Gasteiger partial charge in [-0.1, -0.05) is 0 Å². The molecule has 0 spiro atoms. The maximum absolute atomic E-state index is 8.63. The zero-order chi connectivity index (χ0) is 8.97. The van der Waals surface area contributed by atoms with Crippen molar-refractivity contribution in [2.24, 2.45) is 0 Å². The highest BCUT2D eigenvalue weighted by atomic mass is 35.5. The van der Waals surface area contributed by atoms with Crippen molar-refractivity contribution in [3.8, 4) is 0 Å². The molecular formula is C6H9ClN4O. The predicted molar refractivity (Wildman–Crippen MR) is 45.2 cm³/mol. The molecule has 1 rings (SSSR count). The molecule has 0 bridgehead atoms. The number of nitrogens with zero attached hydrogens (tertiary/aromatic N) is 4. The summed E-state index contributed by atoms with van der Waals surface area (Å²) in [5.74, 6) is 0.601. The van der Waals surface area contributed by atoms with Gasteiger partial charge < -0.3 is 10.0 Å². The van der Waals surface area contributed by atoms with Gasteiger partial charge in [0.1, 0.15) is 0 Å². The molecule has 12 heavy (non-hydrogen) atoms. The second kappa shape index (κ2) is 4.18. The standard InChI is InChI=1S/C6H9ClN4O/c1-11(2-3-12)5-4-8-10-6(7)9-5/h4,12H,2-3H2,1H3. The summed E-state index contributed by atoms with van der Waals surface area (Å²) in [5, 5.41) is 15.9.